The van der Waals surface area contributed by atoms with Gasteiger partial charge in [0.05, 0.1) is 6.54 Å². The standard InChI is InChI=1S/C6H4Cl2N2/c7-5-1-2-6(8)10(3-5)4-9/h1-2H,3H2. The Labute approximate surface area is 68.9 Å². The molecule has 0 fully saturated rings. The van der Waals surface area contributed by atoms with Crippen molar-refractivity contribution in [2.75, 3.05) is 6.54 Å². The van der Waals surface area contributed by atoms with E-state index in [0.717, 1.165) is 0 Å². The van der Waals surface area contributed by atoms with E-state index in [9.17, 15) is 0 Å². The molecule has 0 saturated carbocycles. The van der Waals surface area contributed by atoms with Crippen LogP contribution in [0.1, 0.15) is 0 Å². The molecule has 2 nitrogen and oxygen atoms in total. The molecule has 0 aliphatic carbocycles. The van der Waals surface area contributed by atoms with Gasteiger partial charge in [-0.2, -0.15) is 5.26 Å². The predicted molar refractivity (Wildman–Crippen MR) is 40.2 cm³/mol. The van der Waals surface area contributed by atoms with Crippen LogP contribution in [0.25, 0.3) is 0 Å². The lowest BCUT2D eigenvalue weighted by Gasteiger charge is -2.15. The van der Waals surface area contributed by atoms with Gasteiger partial charge in [0.15, 0.2) is 6.19 Å². The summed E-state index contributed by atoms with van der Waals surface area (Å²) in [5.41, 5.74) is 0. The predicted octanol–water partition coefficient (Wildman–Crippen LogP) is 1.99. The Kier molecular flexibility index (Phi) is 2.21. The Morgan fingerprint density at radius 1 is 1.50 bits per heavy atom. The monoisotopic (exact) mass is 174 g/mol. The molecule has 1 rings (SSSR count). The van der Waals surface area contributed by atoms with Crippen LogP contribution in [0.5, 0.6) is 0 Å². The summed E-state index contributed by atoms with van der Waals surface area (Å²) in [6.45, 7) is 0.382. The number of hydrogen-bond donors (Lipinski definition) is 0. The summed E-state index contributed by atoms with van der Waals surface area (Å²) in [6, 6.07) is 0. The summed E-state index contributed by atoms with van der Waals surface area (Å²) in [6.07, 6.45) is 5.16. The van der Waals surface area contributed by atoms with Gasteiger partial charge in [-0.25, -0.2) is 0 Å². The number of allylic oxidation sites excluding steroid dienone is 2. The summed E-state index contributed by atoms with van der Waals surface area (Å²) >= 11 is 11.2. The quantitative estimate of drug-likeness (QED) is 0.415. The summed E-state index contributed by atoms with van der Waals surface area (Å²) in [4.78, 5) is 1.31. The fourth-order valence-electron chi connectivity index (χ4n) is 0.612. The molecular weight excluding hydrogens is 171 g/mol. The number of hydrogen-bond acceptors (Lipinski definition) is 2. The highest BCUT2D eigenvalue weighted by molar-refractivity contribution is 6.32. The summed E-state index contributed by atoms with van der Waals surface area (Å²) in [5.74, 6) is 0. The van der Waals surface area contributed by atoms with Crippen LogP contribution < -0.4 is 0 Å². The molecule has 0 unspecified atom stereocenters. The second kappa shape index (κ2) is 2.96. The molecule has 0 amide bonds. The Morgan fingerprint density at radius 3 is 2.70 bits per heavy atom. The molecule has 10 heavy (non-hydrogen) atoms. The molecule has 0 aromatic carbocycles. The number of nitriles is 1. The van der Waals surface area contributed by atoms with Crippen LogP contribution >= 0.6 is 23.2 Å². The molecule has 1 heterocycles. The van der Waals surface area contributed by atoms with Gasteiger partial charge < -0.3 is 0 Å². The highest BCUT2D eigenvalue weighted by Gasteiger charge is 2.10. The minimum Gasteiger partial charge on any atom is -0.264 e. The average molecular weight is 175 g/mol. The third kappa shape index (κ3) is 1.44. The minimum absolute atomic E-state index is 0.382. The molecule has 0 atom stereocenters. The van der Waals surface area contributed by atoms with Crippen LogP contribution in [-0.4, -0.2) is 11.4 Å². The fourth-order valence-corrected chi connectivity index (χ4v) is 0.955. The summed E-state index contributed by atoms with van der Waals surface area (Å²) in [5, 5.41) is 9.47. The molecule has 1 aliphatic rings. The minimum atomic E-state index is 0.382. The highest BCUT2D eigenvalue weighted by Crippen LogP contribution is 2.18. The van der Waals surface area contributed by atoms with Crippen molar-refractivity contribution in [3.63, 3.8) is 0 Å². The van der Waals surface area contributed by atoms with E-state index in [1.165, 1.54) is 4.90 Å². The second-order valence-electron chi connectivity index (χ2n) is 1.79. The van der Waals surface area contributed by atoms with Gasteiger partial charge in [-0.3, -0.25) is 4.90 Å². The smallest absolute Gasteiger partial charge is 0.185 e. The normalized spacial score (nSPS) is 17.5. The Balaban J connectivity index is 2.81. The van der Waals surface area contributed by atoms with E-state index < -0.39 is 0 Å². The molecule has 0 spiro atoms. The molecule has 0 aromatic rings. The number of nitrogens with zero attached hydrogens (tertiary/aromatic N) is 2. The van der Waals surface area contributed by atoms with Crippen LogP contribution in [0.3, 0.4) is 0 Å². The van der Waals surface area contributed by atoms with Crippen molar-refractivity contribution < 1.29 is 0 Å². The van der Waals surface area contributed by atoms with Crippen molar-refractivity contribution in [3.8, 4) is 6.19 Å². The van der Waals surface area contributed by atoms with Crippen molar-refractivity contribution in [1.82, 2.24) is 4.90 Å². The first-order valence-electron chi connectivity index (χ1n) is 2.63. The molecule has 0 N–H and O–H groups in total. The largest absolute Gasteiger partial charge is 0.264 e. The maximum atomic E-state index is 8.44. The molecular formula is C6H4Cl2N2. The van der Waals surface area contributed by atoms with E-state index in [4.69, 9.17) is 28.5 Å². The molecule has 1 aliphatic heterocycles. The van der Waals surface area contributed by atoms with Gasteiger partial charge in [0.25, 0.3) is 0 Å². The van der Waals surface area contributed by atoms with Crippen molar-refractivity contribution in [3.05, 3.63) is 22.3 Å². The van der Waals surface area contributed by atoms with Crippen molar-refractivity contribution in [2.45, 2.75) is 0 Å². The molecule has 0 saturated heterocycles. The van der Waals surface area contributed by atoms with Gasteiger partial charge in [0.1, 0.15) is 5.16 Å². The lowest BCUT2D eigenvalue weighted by molar-refractivity contribution is 0.559. The zero-order valence-corrected chi connectivity index (χ0v) is 6.52. The topological polar surface area (TPSA) is 27.0 Å². The average Bonchev–Trinajstić information content (AvgIpc) is 1.94. The summed E-state index contributed by atoms with van der Waals surface area (Å²) < 4.78 is 0. The van der Waals surface area contributed by atoms with Gasteiger partial charge >= 0.3 is 0 Å². The molecule has 0 radical (unpaired) electrons. The van der Waals surface area contributed by atoms with Gasteiger partial charge in [0, 0.05) is 5.03 Å². The van der Waals surface area contributed by atoms with Crippen LogP contribution in [0.2, 0.25) is 0 Å². The van der Waals surface area contributed by atoms with Crippen molar-refractivity contribution in [2.24, 2.45) is 0 Å². The first kappa shape index (κ1) is 7.46. The molecule has 4 heteroatoms. The fraction of sp³-hybridized carbons (Fsp3) is 0.167. The summed E-state index contributed by atoms with van der Waals surface area (Å²) in [7, 11) is 0. The van der Waals surface area contributed by atoms with Gasteiger partial charge in [0.2, 0.25) is 0 Å². The van der Waals surface area contributed by atoms with E-state index in [-0.39, 0.29) is 0 Å². The molecule has 52 valence electrons. The van der Waals surface area contributed by atoms with Crippen LogP contribution in [-0.2, 0) is 0 Å². The lowest BCUT2D eigenvalue weighted by atomic mass is 10.4. The van der Waals surface area contributed by atoms with E-state index in [2.05, 4.69) is 0 Å². The first-order valence-corrected chi connectivity index (χ1v) is 3.39. The van der Waals surface area contributed by atoms with Crippen LogP contribution in [0.4, 0.5) is 0 Å². The molecule has 0 bridgehead atoms. The van der Waals surface area contributed by atoms with Gasteiger partial charge in [-0.15, -0.1) is 0 Å². The van der Waals surface area contributed by atoms with Crippen LogP contribution in [0.15, 0.2) is 22.3 Å². The lowest BCUT2D eigenvalue weighted by Crippen LogP contribution is -2.17. The zero-order chi connectivity index (χ0) is 7.56. The van der Waals surface area contributed by atoms with Gasteiger partial charge in [-0.1, -0.05) is 23.2 Å². The van der Waals surface area contributed by atoms with E-state index in [1.54, 1.807) is 12.2 Å². The van der Waals surface area contributed by atoms with Crippen molar-refractivity contribution >= 4 is 23.2 Å². The van der Waals surface area contributed by atoms with E-state index >= 15 is 0 Å². The first-order chi connectivity index (χ1) is 4.74. The maximum absolute atomic E-state index is 8.44. The van der Waals surface area contributed by atoms with Crippen molar-refractivity contribution in [1.29, 1.82) is 5.26 Å². The third-order valence-electron chi connectivity index (χ3n) is 1.09. The SMILES string of the molecule is N#CN1CC(Cl)=CC=C1Cl. The number of rotatable bonds is 0. The Morgan fingerprint density at radius 2 is 2.20 bits per heavy atom. The zero-order valence-electron chi connectivity index (χ0n) is 5.01. The van der Waals surface area contributed by atoms with E-state index in [1.807, 2.05) is 6.19 Å². The second-order valence-corrected chi connectivity index (χ2v) is 2.66. The number of halogens is 2. The third-order valence-corrected chi connectivity index (χ3v) is 1.66. The van der Waals surface area contributed by atoms with Gasteiger partial charge in [-0.05, 0) is 12.2 Å². The van der Waals surface area contributed by atoms with Crippen LogP contribution in [0, 0.1) is 11.5 Å². The Bertz CT molecular complexity index is 237. The van der Waals surface area contributed by atoms with E-state index in [0.29, 0.717) is 16.7 Å². The Hall–Kier alpha value is -0.650. The highest BCUT2D eigenvalue weighted by atomic mass is 35.5. The molecule has 0 aromatic heterocycles. The maximum Gasteiger partial charge on any atom is 0.185 e.